The molecule has 0 bridgehead atoms. The normalized spacial score (nSPS) is 15.1. The van der Waals surface area contributed by atoms with Crippen LogP contribution in [0.4, 0.5) is 0 Å². The van der Waals surface area contributed by atoms with Gasteiger partial charge in [0, 0.05) is 33.4 Å². The zero-order valence-corrected chi connectivity index (χ0v) is 22.5. The van der Waals surface area contributed by atoms with Crippen molar-refractivity contribution in [2.75, 3.05) is 5.75 Å². The molecule has 184 valence electrons. The molecule has 2 amide bonds. The first-order valence-electron chi connectivity index (χ1n) is 11.7. The quantitative estimate of drug-likeness (QED) is 0.348. The van der Waals surface area contributed by atoms with Crippen LogP contribution in [-0.4, -0.2) is 34.6 Å². The molecular formula is C26H31Cl3N2O2S. The number of carbonyl (C=O) groups excluding carboxylic acids is 2. The Morgan fingerprint density at radius 1 is 1.03 bits per heavy atom. The summed E-state index contributed by atoms with van der Waals surface area (Å²) < 4.78 is 0. The van der Waals surface area contributed by atoms with Crippen molar-refractivity contribution >= 4 is 58.4 Å². The first-order chi connectivity index (χ1) is 16.4. The highest BCUT2D eigenvalue weighted by Gasteiger charge is 2.30. The van der Waals surface area contributed by atoms with E-state index in [-0.39, 0.29) is 30.2 Å². The fraction of sp³-hybridized carbons (Fsp3) is 0.462. The molecule has 0 spiro atoms. The molecule has 4 nitrogen and oxygen atoms in total. The van der Waals surface area contributed by atoms with Gasteiger partial charge in [-0.1, -0.05) is 85.3 Å². The van der Waals surface area contributed by atoms with E-state index in [0.29, 0.717) is 27.2 Å². The van der Waals surface area contributed by atoms with Crippen molar-refractivity contribution in [3.8, 4) is 0 Å². The molecule has 8 heteroatoms. The van der Waals surface area contributed by atoms with Crippen LogP contribution in [0.5, 0.6) is 0 Å². The summed E-state index contributed by atoms with van der Waals surface area (Å²) in [6.07, 6.45) is 6.01. The fourth-order valence-corrected chi connectivity index (χ4v) is 5.91. The van der Waals surface area contributed by atoms with Gasteiger partial charge >= 0.3 is 0 Å². The molecule has 2 aromatic carbocycles. The minimum atomic E-state index is -0.551. The van der Waals surface area contributed by atoms with Crippen molar-refractivity contribution < 1.29 is 9.59 Å². The van der Waals surface area contributed by atoms with Gasteiger partial charge in [0.25, 0.3) is 0 Å². The molecule has 1 saturated carbocycles. The lowest BCUT2D eigenvalue weighted by Gasteiger charge is -2.33. The van der Waals surface area contributed by atoms with Gasteiger partial charge in [-0.3, -0.25) is 9.59 Å². The van der Waals surface area contributed by atoms with Crippen LogP contribution in [0, 0.1) is 0 Å². The third-order valence-corrected chi connectivity index (χ3v) is 8.06. The number of nitrogens with zero attached hydrogens (tertiary/aromatic N) is 1. The lowest BCUT2D eigenvalue weighted by atomic mass is 9.95. The van der Waals surface area contributed by atoms with Crippen LogP contribution in [0.25, 0.3) is 0 Å². The second kappa shape index (κ2) is 13.6. The van der Waals surface area contributed by atoms with Crippen molar-refractivity contribution in [1.82, 2.24) is 10.2 Å². The molecule has 1 N–H and O–H groups in total. The highest BCUT2D eigenvalue weighted by molar-refractivity contribution is 7.99. The first-order valence-corrected chi connectivity index (χ1v) is 14.0. The van der Waals surface area contributed by atoms with Gasteiger partial charge in [-0.25, -0.2) is 0 Å². The van der Waals surface area contributed by atoms with Crippen molar-refractivity contribution in [2.24, 2.45) is 0 Å². The zero-order chi connectivity index (χ0) is 24.5. The van der Waals surface area contributed by atoms with Gasteiger partial charge < -0.3 is 10.2 Å². The standard InChI is InChI=1S/C26H31Cl3N2O2S/c1-2-24(26(33)30-21-9-4-3-5-10-21)31(15-18-8-6-7-11-22(18)28)25(32)17-34-16-19-12-13-20(27)14-23(19)29/h6-8,11-14,21,24H,2-5,9-10,15-17H2,1H3,(H,30,33). The Bertz CT molecular complexity index is 982. The maximum absolute atomic E-state index is 13.4. The number of amides is 2. The lowest BCUT2D eigenvalue weighted by molar-refractivity contribution is -0.139. The molecule has 0 aromatic heterocycles. The van der Waals surface area contributed by atoms with E-state index in [1.807, 2.05) is 31.2 Å². The fourth-order valence-electron chi connectivity index (χ4n) is 4.24. The number of hydrogen-bond acceptors (Lipinski definition) is 3. The van der Waals surface area contributed by atoms with E-state index < -0.39 is 6.04 Å². The van der Waals surface area contributed by atoms with E-state index in [9.17, 15) is 9.59 Å². The lowest BCUT2D eigenvalue weighted by Crippen LogP contribution is -2.52. The zero-order valence-electron chi connectivity index (χ0n) is 19.4. The van der Waals surface area contributed by atoms with E-state index in [0.717, 1.165) is 36.8 Å². The summed E-state index contributed by atoms with van der Waals surface area (Å²) in [5.74, 6) is 0.629. The summed E-state index contributed by atoms with van der Waals surface area (Å²) in [5, 5.41) is 4.95. The van der Waals surface area contributed by atoms with Crippen LogP contribution in [0.3, 0.4) is 0 Å². The Morgan fingerprint density at radius 3 is 2.44 bits per heavy atom. The molecule has 0 aliphatic heterocycles. The average Bonchev–Trinajstić information content (AvgIpc) is 2.82. The maximum Gasteiger partial charge on any atom is 0.243 e. The topological polar surface area (TPSA) is 49.4 Å². The first kappa shape index (κ1) is 27.2. The van der Waals surface area contributed by atoms with Crippen LogP contribution in [0.15, 0.2) is 42.5 Å². The van der Waals surface area contributed by atoms with Crippen LogP contribution in [0.2, 0.25) is 15.1 Å². The van der Waals surface area contributed by atoms with Crippen molar-refractivity contribution in [2.45, 2.75) is 69.8 Å². The van der Waals surface area contributed by atoms with Gasteiger partial charge in [-0.15, -0.1) is 11.8 Å². The number of nitrogens with one attached hydrogen (secondary N) is 1. The molecule has 1 fully saturated rings. The summed E-state index contributed by atoms with van der Waals surface area (Å²) in [5.41, 5.74) is 1.75. The molecule has 0 radical (unpaired) electrons. The highest BCUT2D eigenvalue weighted by atomic mass is 35.5. The Labute approximate surface area is 221 Å². The monoisotopic (exact) mass is 540 g/mol. The summed E-state index contributed by atoms with van der Waals surface area (Å²) in [7, 11) is 0. The second-order valence-corrected chi connectivity index (χ2v) is 10.8. The van der Waals surface area contributed by atoms with Crippen LogP contribution >= 0.6 is 46.6 Å². The number of hydrogen-bond donors (Lipinski definition) is 1. The van der Waals surface area contributed by atoms with E-state index in [1.54, 1.807) is 23.1 Å². The summed E-state index contributed by atoms with van der Waals surface area (Å²) in [6.45, 7) is 2.23. The minimum absolute atomic E-state index is 0.0828. The number of benzene rings is 2. The molecule has 1 unspecified atom stereocenters. The molecule has 34 heavy (non-hydrogen) atoms. The molecular weight excluding hydrogens is 511 g/mol. The summed E-state index contributed by atoms with van der Waals surface area (Å²) in [6, 6.07) is 12.5. The molecule has 1 aliphatic rings. The Balaban J connectivity index is 1.72. The maximum atomic E-state index is 13.4. The van der Waals surface area contributed by atoms with Gasteiger partial charge in [0.2, 0.25) is 11.8 Å². The Kier molecular flexibility index (Phi) is 10.9. The van der Waals surface area contributed by atoms with Crippen LogP contribution in [-0.2, 0) is 21.9 Å². The van der Waals surface area contributed by atoms with Crippen molar-refractivity contribution in [3.05, 3.63) is 68.7 Å². The SMILES string of the molecule is CCC(C(=O)NC1CCCCC1)N(Cc1ccccc1Cl)C(=O)CSCc1ccc(Cl)cc1Cl. The van der Waals surface area contributed by atoms with Crippen LogP contribution < -0.4 is 5.32 Å². The van der Waals surface area contributed by atoms with Crippen molar-refractivity contribution in [1.29, 1.82) is 0 Å². The molecule has 1 atom stereocenters. The highest BCUT2D eigenvalue weighted by Crippen LogP contribution is 2.26. The molecule has 0 heterocycles. The Hall–Kier alpha value is -1.40. The van der Waals surface area contributed by atoms with Gasteiger partial charge in [0.15, 0.2) is 0 Å². The van der Waals surface area contributed by atoms with Gasteiger partial charge in [0.05, 0.1) is 5.75 Å². The smallest absolute Gasteiger partial charge is 0.243 e. The predicted molar refractivity (Wildman–Crippen MR) is 144 cm³/mol. The predicted octanol–water partition coefficient (Wildman–Crippen LogP) is 7.14. The van der Waals surface area contributed by atoms with Gasteiger partial charge in [-0.2, -0.15) is 0 Å². The number of rotatable bonds is 10. The van der Waals surface area contributed by atoms with E-state index in [2.05, 4.69) is 5.32 Å². The molecule has 3 rings (SSSR count). The number of halogens is 3. The second-order valence-electron chi connectivity index (χ2n) is 8.61. The van der Waals surface area contributed by atoms with E-state index in [4.69, 9.17) is 34.8 Å². The number of carbonyl (C=O) groups is 2. The average molecular weight is 542 g/mol. The molecule has 2 aromatic rings. The number of thioether (sulfide) groups is 1. The Morgan fingerprint density at radius 2 is 1.76 bits per heavy atom. The molecule has 0 saturated heterocycles. The largest absolute Gasteiger partial charge is 0.352 e. The van der Waals surface area contributed by atoms with Gasteiger partial charge in [0.1, 0.15) is 6.04 Å². The van der Waals surface area contributed by atoms with Gasteiger partial charge in [-0.05, 0) is 48.6 Å². The minimum Gasteiger partial charge on any atom is -0.352 e. The summed E-state index contributed by atoms with van der Waals surface area (Å²) >= 11 is 20.1. The summed E-state index contributed by atoms with van der Waals surface area (Å²) in [4.78, 5) is 28.4. The van der Waals surface area contributed by atoms with Crippen LogP contribution in [0.1, 0.15) is 56.6 Å². The van der Waals surface area contributed by atoms with E-state index in [1.165, 1.54) is 18.2 Å². The molecule has 1 aliphatic carbocycles. The van der Waals surface area contributed by atoms with E-state index >= 15 is 0 Å². The third kappa shape index (κ3) is 7.81. The third-order valence-electron chi connectivity index (χ3n) is 6.13. The van der Waals surface area contributed by atoms with Crippen molar-refractivity contribution in [3.63, 3.8) is 0 Å².